The van der Waals surface area contributed by atoms with Crippen molar-refractivity contribution in [1.82, 2.24) is 5.32 Å². The van der Waals surface area contributed by atoms with Crippen molar-refractivity contribution >= 4 is 27.7 Å². The molecule has 4 heteroatoms. The van der Waals surface area contributed by atoms with Gasteiger partial charge in [-0.15, -0.1) is 0 Å². The van der Waals surface area contributed by atoms with Crippen molar-refractivity contribution < 1.29 is 9.59 Å². The molecule has 0 saturated carbocycles. The second kappa shape index (κ2) is 4.78. The van der Waals surface area contributed by atoms with E-state index in [0.29, 0.717) is 19.3 Å². The SMILES string of the molecule is O=C1CC[C@@H](Cc2ccc(Br)cc2)C(=O)N1. The molecular formula is C12H12BrNO2. The van der Waals surface area contributed by atoms with Crippen molar-refractivity contribution in [1.29, 1.82) is 0 Å². The molecular weight excluding hydrogens is 270 g/mol. The molecule has 2 amide bonds. The lowest BCUT2D eigenvalue weighted by Crippen LogP contribution is -2.41. The number of piperidine rings is 1. The number of halogens is 1. The average molecular weight is 282 g/mol. The number of rotatable bonds is 2. The number of hydrogen-bond donors (Lipinski definition) is 1. The molecule has 3 nitrogen and oxygen atoms in total. The van der Waals surface area contributed by atoms with Gasteiger partial charge in [0.25, 0.3) is 0 Å². The van der Waals surface area contributed by atoms with Gasteiger partial charge in [0.05, 0.1) is 0 Å². The smallest absolute Gasteiger partial charge is 0.230 e. The summed E-state index contributed by atoms with van der Waals surface area (Å²) in [6.07, 6.45) is 1.81. The third-order valence-electron chi connectivity index (χ3n) is 2.75. The molecule has 0 spiro atoms. The Balaban J connectivity index is 2.02. The molecule has 0 unspecified atom stereocenters. The molecule has 1 fully saturated rings. The molecule has 1 aliphatic heterocycles. The first-order chi connectivity index (χ1) is 7.65. The van der Waals surface area contributed by atoms with E-state index in [1.807, 2.05) is 24.3 Å². The zero-order valence-corrected chi connectivity index (χ0v) is 10.3. The first-order valence-electron chi connectivity index (χ1n) is 5.23. The van der Waals surface area contributed by atoms with Crippen LogP contribution in [0.3, 0.4) is 0 Å². The topological polar surface area (TPSA) is 46.2 Å². The van der Waals surface area contributed by atoms with Crippen LogP contribution in [0.5, 0.6) is 0 Å². The zero-order valence-electron chi connectivity index (χ0n) is 8.70. The van der Waals surface area contributed by atoms with E-state index in [1.54, 1.807) is 0 Å². The van der Waals surface area contributed by atoms with Crippen LogP contribution in [0.1, 0.15) is 18.4 Å². The summed E-state index contributed by atoms with van der Waals surface area (Å²) in [5.41, 5.74) is 1.12. The Morgan fingerprint density at radius 1 is 1.25 bits per heavy atom. The highest BCUT2D eigenvalue weighted by Gasteiger charge is 2.26. The molecule has 0 aliphatic carbocycles. The molecule has 0 aromatic heterocycles. The lowest BCUT2D eigenvalue weighted by Gasteiger charge is -2.20. The summed E-state index contributed by atoms with van der Waals surface area (Å²) in [5.74, 6) is -0.366. The Labute approximate surface area is 102 Å². The van der Waals surface area contributed by atoms with Crippen molar-refractivity contribution in [3.05, 3.63) is 34.3 Å². The van der Waals surface area contributed by atoms with E-state index in [4.69, 9.17) is 0 Å². The quantitative estimate of drug-likeness (QED) is 0.844. The molecule has 16 heavy (non-hydrogen) atoms. The van der Waals surface area contributed by atoms with Crippen LogP contribution in [-0.2, 0) is 16.0 Å². The summed E-state index contributed by atoms with van der Waals surface area (Å²) >= 11 is 3.37. The fourth-order valence-corrected chi connectivity index (χ4v) is 2.10. The van der Waals surface area contributed by atoms with Crippen LogP contribution in [0.4, 0.5) is 0 Å². The molecule has 84 valence electrons. The van der Waals surface area contributed by atoms with E-state index >= 15 is 0 Å². The summed E-state index contributed by atoms with van der Waals surface area (Å²) in [6.45, 7) is 0. The Morgan fingerprint density at radius 3 is 2.56 bits per heavy atom. The van der Waals surface area contributed by atoms with Crippen molar-refractivity contribution in [2.24, 2.45) is 5.92 Å². The lowest BCUT2D eigenvalue weighted by atomic mass is 9.91. The maximum Gasteiger partial charge on any atom is 0.230 e. The monoisotopic (exact) mass is 281 g/mol. The summed E-state index contributed by atoms with van der Waals surface area (Å²) in [4.78, 5) is 22.5. The molecule has 1 aromatic rings. The maximum atomic E-state index is 11.5. The molecule has 0 radical (unpaired) electrons. The number of amides is 2. The van der Waals surface area contributed by atoms with Crippen LogP contribution in [0.15, 0.2) is 28.7 Å². The minimum atomic E-state index is -0.156. The van der Waals surface area contributed by atoms with Gasteiger partial charge in [-0.1, -0.05) is 28.1 Å². The number of imide groups is 1. The predicted octanol–water partition coefficient (Wildman–Crippen LogP) is 2.04. The minimum Gasteiger partial charge on any atom is -0.296 e. The Morgan fingerprint density at radius 2 is 1.94 bits per heavy atom. The number of nitrogens with one attached hydrogen (secondary N) is 1. The van der Waals surface area contributed by atoms with Gasteiger partial charge in [0.2, 0.25) is 11.8 Å². The van der Waals surface area contributed by atoms with E-state index in [2.05, 4.69) is 21.2 Å². The fraction of sp³-hybridized carbons (Fsp3) is 0.333. The van der Waals surface area contributed by atoms with Crippen LogP contribution in [0.25, 0.3) is 0 Å². The van der Waals surface area contributed by atoms with Gasteiger partial charge in [-0.25, -0.2) is 0 Å². The molecule has 1 aliphatic rings. The van der Waals surface area contributed by atoms with E-state index in [0.717, 1.165) is 10.0 Å². The summed E-state index contributed by atoms with van der Waals surface area (Å²) in [5, 5.41) is 2.37. The van der Waals surface area contributed by atoms with Gasteiger partial charge in [-0.3, -0.25) is 14.9 Å². The van der Waals surface area contributed by atoms with Crippen LogP contribution in [0, 0.1) is 5.92 Å². The second-order valence-electron chi connectivity index (χ2n) is 3.98. The van der Waals surface area contributed by atoms with E-state index in [1.165, 1.54) is 0 Å². The van der Waals surface area contributed by atoms with Crippen molar-refractivity contribution in [2.45, 2.75) is 19.3 Å². The normalized spacial score (nSPS) is 20.7. The van der Waals surface area contributed by atoms with Gasteiger partial charge < -0.3 is 0 Å². The first kappa shape index (κ1) is 11.3. The second-order valence-corrected chi connectivity index (χ2v) is 4.89. The highest BCUT2D eigenvalue weighted by atomic mass is 79.9. The van der Waals surface area contributed by atoms with Gasteiger partial charge in [0.15, 0.2) is 0 Å². The number of carbonyl (C=O) groups is 2. The van der Waals surface area contributed by atoms with Crippen molar-refractivity contribution in [2.75, 3.05) is 0 Å². The molecule has 1 atom stereocenters. The fourth-order valence-electron chi connectivity index (χ4n) is 1.84. The highest BCUT2D eigenvalue weighted by Crippen LogP contribution is 2.19. The van der Waals surface area contributed by atoms with Crippen LogP contribution < -0.4 is 5.32 Å². The van der Waals surface area contributed by atoms with E-state index in [9.17, 15) is 9.59 Å². The predicted molar refractivity (Wildman–Crippen MR) is 63.7 cm³/mol. The van der Waals surface area contributed by atoms with Crippen LogP contribution in [-0.4, -0.2) is 11.8 Å². The third kappa shape index (κ3) is 2.70. The van der Waals surface area contributed by atoms with Crippen molar-refractivity contribution in [3.63, 3.8) is 0 Å². The summed E-state index contributed by atoms with van der Waals surface area (Å²) in [7, 11) is 0. The minimum absolute atomic E-state index is 0.0705. The van der Waals surface area contributed by atoms with Crippen molar-refractivity contribution in [3.8, 4) is 0 Å². The van der Waals surface area contributed by atoms with Crippen LogP contribution in [0.2, 0.25) is 0 Å². The van der Waals surface area contributed by atoms with E-state index in [-0.39, 0.29) is 17.7 Å². The molecule has 1 aromatic carbocycles. The average Bonchev–Trinajstić information content (AvgIpc) is 2.25. The Kier molecular flexibility index (Phi) is 3.39. The standard InChI is InChI=1S/C12H12BrNO2/c13-10-4-1-8(2-5-10)7-9-3-6-11(15)14-12(9)16/h1-2,4-5,9H,3,6-7H2,(H,14,15,16)/t9-/m0/s1. The lowest BCUT2D eigenvalue weighted by molar-refractivity contribution is -0.136. The molecule has 2 rings (SSSR count). The largest absolute Gasteiger partial charge is 0.296 e. The molecule has 0 bridgehead atoms. The van der Waals surface area contributed by atoms with E-state index < -0.39 is 0 Å². The molecule has 1 saturated heterocycles. The van der Waals surface area contributed by atoms with Gasteiger partial charge in [0, 0.05) is 16.8 Å². The van der Waals surface area contributed by atoms with Gasteiger partial charge in [0.1, 0.15) is 0 Å². The van der Waals surface area contributed by atoms with Gasteiger partial charge >= 0.3 is 0 Å². The summed E-state index contributed by atoms with van der Waals surface area (Å²) in [6, 6.07) is 7.91. The Bertz CT molecular complexity index is 414. The summed E-state index contributed by atoms with van der Waals surface area (Å²) < 4.78 is 1.03. The molecule has 1 heterocycles. The third-order valence-corrected chi connectivity index (χ3v) is 3.28. The van der Waals surface area contributed by atoms with Crippen LogP contribution >= 0.6 is 15.9 Å². The number of benzene rings is 1. The molecule has 1 N–H and O–H groups in total. The number of carbonyl (C=O) groups excluding carboxylic acids is 2. The Hall–Kier alpha value is -1.16. The zero-order chi connectivity index (χ0) is 11.5. The highest BCUT2D eigenvalue weighted by molar-refractivity contribution is 9.10. The number of hydrogen-bond acceptors (Lipinski definition) is 2. The van der Waals surface area contributed by atoms with Gasteiger partial charge in [-0.05, 0) is 30.5 Å². The maximum absolute atomic E-state index is 11.5. The van der Waals surface area contributed by atoms with Gasteiger partial charge in [-0.2, -0.15) is 0 Å². The first-order valence-corrected chi connectivity index (χ1v) is 6.02.